The SMILES string of the molecule is CN(CC(=O)OCc1nnc(-c2ccccc2)o1)S(=O)(=O)c1ccc(Cl)cc1. The summed E-state index contributed by atoms with van der Waals surface area (Å²) in [6, 6.07) is 14.8. The minimum Gasteiger partial charge on any atom is -0.455 e. The fraction of sp³-hybridized carbons (Fsp3) is 0.167. The Hall–Kier alpha value is -2.75. The molecule has 2 aromatic carbocycles. The second kappa shape index (κ2) is 8.51. The Balaban J connectivity index is 1.57. The number of hydrogen-bond donors (Lipinski definition) is 0. The number of benzene rings is 2. The molecule has 0 aliphatic heterocycles. The fourth-order valence-electron chi connectivity index (χ4n) is 2.25. The number of nitrogens with zero attached hydrogens (tertiary/aromatic N) is 3. The number of sulfonamides is 1. The minimum absolute atomic E-state index is 0.0246. The Bertz CT molecular complexity index is 1050. The van der Waals surface area contributed by atoms with Gasteiger partial charge in [0, 0.05) is 17.6 Å². The van der Waals surface area contributed by atoms with E-state index in [1.165, 1.54) is 31.3 Å². The van der Waals surface area contributed by atoms with Gasteiger partial charge in [-0.1, -0.05) is 29.8 Å². The lowest BCUT2D eigenvalue weighted by molar-refractivity contribution is -0.145. The van der Waals surface area contributed by atoms with Crippen LogP contribution in [0.3, 0.4) is 0 Å². The van der Waals surface area contributed by atoms with Crippen molar-refractivity contribution in [1.29, 1.82) is 0 Å². The molecule has 0 aliphatic carbocycles. The van der Waals surface area contributed by atoms with Crippen molar-refractivity contribution in [2.75, 3.05) is 13.6 Å². The molecule has 1 aromatic heterocycles. The summed E-state index contributed by atoms with van der Waals surface area (Å²) in [5.41, 5.74) is 0.737. The van der Waals surface area contributed by atoms with E-state index < -0.39 is 22.5 Å². The van der Waals surface area contributed by atoms with E-state index in [1.54, 1.807) is 12.1 Å². The normalized spacial score (nSPS) is 11.5. The predicted molar refractivity (Wildman–Crippen MR) is 101 cm³/mol. The van der Waals surface area contributed by atoms with Crippen LogP contribution in [-0.4, -0.2) is 42.5 Å². The van der Waals surface area contributed by atoms with Gasteiger partial charge in [0.25, 0.3) is 5.89 Å². The summed E-state index contributed by atoms with van der Waals surface area (Å²) in [7, 11) is -2.56. The summed E-state index contributed by atoms with van der Waals surface area (Å²) in [5.74, 6) is -0.344. The number of esters is 1. The molecule has 0 unspecified atom stereocenters. The largest absolute Gasteiger partial charge is 0.455 e. The van der Waals surface area contributed by atoms with Gasteiger partial charge in [0.2, 0.25) is 15.9 Å². The zero-order valence-corrected chi connectivity index (χ0v) is 16.4. The predicted octanol–water partition coefficient (Wildman–Crippen LogP) is 2.75. The van der Waals surface area contributed by atoms with E-state index in [0.717, 1.165) is 9.87 Å². The number of carbonyl (C=O) groups is 1. The van der Waals surface area contributed by atoms with Crippen LogP contribution in [0.4, 0.5) is 0 Å². The number of halogens is 1. The number of carbonyl (C=O) groups excluding carboxylic acids is 1. The Morgan fingerprint density at radius 2 is 1.79 bits per heavy atom. The van der Waals surface area contributed by atoms with E-state index in [0.29, 0.717) is 10.9 Å². The summed E-state index contributed by atoms with van der Waals surface area (Å²) < 4.78 is 36.3. The second-order valence-corrected chi connectivity index (χ2v) is 8.22. The van der Waals surface area contributed by atoms with Crippen LogP contribution in [-0.2, 0) is 26.2 Å². The van der Waals surface area contributed by atoms with Gasteiger partial charge in [0.15, 0.2) is 6.61 Å². The second-order valence-electron chi connectivity index (χ2n) is 5.74. The van der Waals surface area contributed by atoms with Gasteiger partial charge in [0.1, 0.15) is 6.54 Å². The molecule has 3 rings (SSSR count). The topological polar surface area (TPSA) is 103 Å². The maximum atomic E-state index is 12.4. The van der Waals surface area contributed by atoms with Crippen molar-refractivity contribution in [3.63, 3.8) is 0 Å². The first-order chi connectivity index (χ1) is 13.4. The lowest BCUT2D eigenvalue weighted by Crippen LogP contribution is -2.33. The first-order valence-electron chi connectivity index (χ1n) is 8.11. The molecule has 0 atom stereocenters. The molecule has 3 aromatic rings. The lowest BCUT2D eigenvalue weighted by Gasteiger charge is -2.16. The summed E-state index contributed by atoms with van der Waals surface area (Å²) in [5, 5.41) is 8.11. The van der Waals surface area contributed by atoms with Crippen LogP contribution >= 0.6 is 11.6 Å². The molecular weight excluding hydrogens is 406 g/mol. The highest BCUT2D eigenvalue weighted by Crippen LogP contribution is 2.18. The summed E-state index contributed by atoms with van der Waals surface area (Å²) >= 11 is 5.76. The molecule has 0 amide bonds. The van der Waals surface area contributed by atoms with Gasteiger partial charge in [-0.15, -0.1) is 10.2 Å². The Labute approximate surface area is 166 Å². The standard InChI is InChI=1S/C18H16ClN3O5S/c1-22(28(24,25)15-9-7-14(19)8-10-15)11-17(23)26-12-16-20-21-18(27-16)13-5-3-2-4-6-13/h2-10H,11-12H2,1H3. The zero-order chi connectivity index (χ0) is 20.1. The van der Waals surface area contributed by atoms with Crippen LogP contribution in [0.2, 0.25) is 5.02 Å². The fourth-order valence-corrected chi connectivity index (χ4v) is 3.49. The third-order valence-electron chi connectivity index (χ3n) is 3.72. The molecule has 8 nitrogen and oxygen atoms in total. The van der Waals surface area contributed by atoms with Crippen LogP contribution in [0.1, 0.15) is 5.89 Å². The van der Waals surface area contributed by atoms with Crippen molar-refractivity contribution in [2.45, 2.75) is 11.5 Å². The van der Waals surface area contributed by atoms with E-state index in [9.17, 15) is 13.2 Å². The molecule has 28 heavy (non-hydrogen) atoms. The smallest absolute Gasteiger partial charge is 0.321 e. The van der Waals surface area contributed by atoms with Crippen molar-refractivity contribution in [3.05, 3.63) is 65.5 Å². The molecule has 0 spiro atoms. The van der Waals surface area contributed by atoms with Crippen molar-refractivity contribution in [1.82, 2.24) is 14.5 Å². The average Bonchev–Trinajstić information content (AvgIpc) is 3.16. The Morgan fingerprint density at radius 1 is 1.11 bits per heavy atom. The van der Waals surface area contributed by atoms with Crippen LogP contribution in [0.5, 0.6) is 0 Å². The van der Waals surface area contributed by atoms with Crippen molar-refractivity contribution < 1.29 is 22.4 Å². The van der Waals surface area contributed by atoms with E-state index in [-0.39, 0.29) is 17.4 Å². The average molecular weight is 422 g/mol. The summed E-state index contributed by atoms with van der Waals surface area (Å²) in [6.07, 6.45) is 0. The van der Waals surface area contributed by atoms with Gasteiger partial charge in [-0.05, 0) is 36.4 Å². The van der Waals surface area contributed by atoms with Gasteiger partial charge in [-0.25, -0.2) is 8.42 Å². The van der Waals surface area contributed by atoms with Gasteiger partial charge in [0.05, 0.1) is 4.90 Å². The summed E-state index contributed by atoms with van der Waals surface area (Å²) in [4.78, 5) is 12.0. The van der Waals surface area contributed by atoms with Gasteiger partial charge in [-0.2, -0.15) is 4.31 Å². The molecule has 0 aliphatic rings. The molecule has 0 radical (unpaired) electrons. The van der Waals surface area contributed by atoms with Crippen LogP contribution < -0.4 is 0 Å². The number of likely N-dealkylation sites (N-methyl/N-ethyl adjacent to an activating group) is 1. The molecule has 0 saturated heterocycles. The molecule has 10 heteroatoms. The highest BCUT2D eigenvalue weighted by atomic mass is 35.5. The number of ether oxygens (including phenoxy) is 1. The number of rotatable bonds is 7. The van der Waals surface area contributed by atoms with Gasteiger partial charge >= 0.3 is 5.97 Å². The van der Waals surface area contributed by atoms with Crippen LogP contribution in [0, 0.1) is 0 Å². The molecule has 1 heterocycles. The number of aromatic nitrogens is 2. The van der Waals surface area contributed by atoms with Gasteiger partial charge < -0.3 is 9.15 Å². The highest BCUT2D eigenvalue weighted by Gasteiger charge is 2.24. The van der Waals surface area contributed by atoms with Crippen molar-refractivity contribution in [2.24, 2.45) is 0 Å². The molecule has 0 saturated carbocycles. The molecule has 146 valence electrons. The highest BCUT2D eigenvalue weighted by molar-refractivity contribution is 7.89. The first kappa shape index (κ1) is 20.0. The van der Waals surface area contributed by atoms with Crippen LogP contribution in [0.25, 0.3) is 11.5 Å². The van der Waals surface area contributed by atoms with Crippen LogP contribution in [0.15, 0.2) is 63.9 Å². The maximum absolute atomic E-state index is 12.4. The lowest BCUT2D eigenvalue weighted by atomic mass is 10.2. The van der Waals surface area contributed by atoms with Crippen molar-refractivity contribution >= 4 is 27.6 Å². The molecule has 0 bridgehead atoms. The van der Waals surface area contributed by atoms with E-state index in [4.69, 9.17) is 20.8 Å². The van der Waals surface area contributed by atoms with E-state index >= 15 is 0 Å². The molecular formula is C18H16ClN3O5S. The molecule has 0 fully saturated rings. The third-order valence-corrected chi connectivity index (χ3v) is 5.79. The first-order valence-corrected chi connectivity index (χ1v) is 9.93. The minimum atomic E-state index is -3.84. The number of hydrogen-bond acceptors (Lipinski definition) is 7. The Morgan fingerprint density at radius 3 is 2.46 bits per heavy atom. The zero-order valence-electron chi connectivity index (χ0n) is 14.8. The van der Waals surface area contributed by atoms with Gasteiger partial charge in [-0.3, -0.25) is 4.79 Å². The monoisotopic (exact) mass is 421 g/mol. The summed E-state index contributed by atoms with van der Waals surface area (Å²) in [6.45, 7) is -0.724. The van der Waals surface area contributed by atoms with Crippen molar-refractivity contribution in [3.8, 4) is 11.5 Å². The Kier molecular flexibility index (Phi) is 6.08. The quantitative estimate of drug-likeness (QED) is 0.540. The van der Waals surface area contributed by atoms with E-state index in [1.807, 2.05) is 18.2 Å². The molecule has 0 N–H and O–H groups in total. The van der Waals surface area contributed by atoms with E-state index in [2.05, 4.69) is 10.2 Å². The third kappa shape index (κ3) is 4.75. The maximum Gasteiger partial charge on any atom is 0.321 e.